The van der Waals surface area contributed by atoms with Crippen molar-refractivity contribution < 1.29 is 4.79 Å². The minimum atomic E-state index is -0.251. The van der Waals surface area contributed by atoms with E-state index in [1.807, 2.05) is 31.2 Å². The van der Waals surface area contributed by atoms with E-state index in [1.165, 1.54) is 0 Å². The number of hydrogen-bond donors (Lipinski definition) is 1. The second-order valence-electron chi connectivity index (χ2n) is 3.88. The van der Waals surface area contributed by atoms with Crippen molar-refractivity contribution in [3.63, 3.8) is 0 Å². The Balaban J connectivity index is 2.06. The van der Waals surface area contributed by atoms with Crippen molar-refractivity contribution in [2.75, 3.05) is 0 Å². The molecule has 0 unspecified atom stereocenters. The minimum Gasteiger partial charge on any atom is -0.267 e. The van der Waals surface area contributed by atoms with Crippen LogP contribution < -0.4 is 5.43 Å². The van der Waals surface area contributed by atoms with Gasteiger partial charge in [0.25, 0.3) is 5.91 Å². The average molecular weight is 318 g/mol. The molecule has 1 amide bonds. The van der Waals surface area contributed by atoms with Gasteiger partial charge in [-0.2, -0.15) is 5.10 Å². The Morgan fingerprint density at radius 1 is 1.11 bits per heavy atom. The third-order valence-corrected chi connectivity index (χ3v) is 3.06. The Labute approximate surface area is 119 Å². The molecule has 2 aromatic rings. The summed E-state index contributed by atoms with van der Waals surface area (Å²) in [6.07, 6.45) is 3.14. The van der Waals surface area contributed by atoms with Crippen LogP contribution in [0.4, 0.5) is 0 Å². The number of halogens is 1. The van der Waals surface area contributed by atoms with Crippen LogP contribution in [0.15, 0.2) is 58.4 Å². The number of nitrogens with zero attached hydrogens (tertiary/aromatic N) is 2. The van der Waals surface area contributed by atoms with Gasteiger partial charge in [-0.15, -0.1) is 0 Å². The molecule has 1 aromatic carbocycles. The Kier molecular flexibility index (Phi) is 4.41. The largest absolute Gasteiger partial charge is 0.271 e. The fourth-order valence-corrected chi connectivity index (χ4v) is 1.72. The van der Waals surface area contributed by atoms with Gasteiger partial charge in [-0.1, -0.05) is 28.1 Å². The van der Waals surface area contributed by atoms with Crippen LogP contribution in [0.3, 0.4) is 0 Å². The highest BCUT2D eigenvalue weighted by atomic mass is 79.9. The van der Waals surface area contributed by atoms with Gasteiger partial charge in [0.05, 0.1) is 5.71 Å². The van der Waals surface area contributed by atoms with E-state index in [4.69, 9.17) is 0 Å². The van der Waals surface area contributed by atoms with E-state index < -0.39 is 0 Å². The number of carbonyl (C=O) groups excluding carboxylic acids is 1. The van der Waals surface area contributed by atoms with Crippen molar-refractivity contribution in [3.05, 3.63) is 64.4 Å². The number of nitrogens with one attached hydrogen (secondary N) is 1. The molecule has 1 heterocycles. The van der Waals surface area contributed by atoms with Crippen molar-refractivity contribution in [1.29, 1.82) is 0 Å². The highest BCUT2D eigenvalue weighted by molar-refractivity contribution is 9.10. The summed E-state index contributed by atoms with van der Waals surface area (Å²) in [7, 11) is 0. The van der Waals surface area contributed by atoms with E-state index in [9.17, 15) is 4.79 Å². The van der Waals surface area contributed by atoms with Crippen molar-refractivity contribution in [2.24, 2.45) is 5.10 Å². The van der Waals surface area contributed by atoms with Gasteiger partial charge in [0, 0.05) is 22.4 Å². The van der Waals surface area contributed by atoms with Gasteiger partial charge < -0.3 is 0 Å². The van der Waals surface area contributed by atoms with Crippen LogP contribution in [0.5, 0.6) is 0 Å². The average Bonchev–Trinajstić information content (AvgIpc) is 2.46. The highest BCUT2D eigenvalue weighted by Crippen LogP contribution is 2.11. The first-order valence-electron chi connectivity index (χ1n) is 5.67. The van der Waals surface area contributed by atoms with Crippen LogP contribution in [-0.2, 0) is 0 Å². The zero-order valence-corrected chi connectivity index (χ0v) is 11.9. The second-order valence-corrected chi connectivity index (χ2v) is 4.80. The lowest BCUT2D eigenvalue weighted by Gasteiger charge is -2.03. The normalized spacial score (nSPS) is 11.2. The van der Waals surface area contributed by atoms with E-state index in [0.717, 1.165) is 15.7 Å². The molecular formula is C14H12BrN3O. The molecule has 19 heavy (non-hydrogen) atoms. The third-order valence-electron chi connectivity index (χ3n) is 2.53. The van der Waals surface area contributed by atoms with E-state index in [0.29, 0.717) is 5.56 Å². The number of rotatable bonds is 3. The SMILES string of the molecule is C/C(=N\NC(=O)c1ccncc1)c1ccc(Br)cc1. The first-order chi connectivity index (χ1) is 9.16. The van der Waals surface area contributed by atoms with Crippen LogP contribution in [0.25, 0.3) is 0 Å². The molecule has 5 heteroatoms. The van der Waals surface area contributed by atoms with Crippen molar-refractivity contribution in [1.82, 2.24) is 10.4 Å². The summed E-state index contributed by atoms with van der Waals surface area (Å²) in [5.74, 6) is -0.251. The van der Waals surface area contributed by atoms with Gasteiger partial charge in [-0.3, -0.25) is 9.78 Å². The number of aromatic nitrogens is 1. The molecule has 0 bridgehead atoms. The topological polar surface area (TPSA) is 54.4 Å². The van der Waals surface area contributed by atoms with Crippen LogP contribution in [0.1, 0.15) is 22.8 Å². The van der Waals surface area contributed by atoms with Crippen molar-refractivity contribution >= 4 is 27.5 Å². The van der Waals surface area contributed by atoms with E-state index in [1.54, 1.807) is 24.5 Å². The fourth-order valence-electron chi connectivity index (χ4n) is 1.46. The summed E-state index contributed by atoms with van der Waals surface area (Å²) in [6.45, 7) is 1.84. The van der Waals surface area contributed by atoms with E-state index in [-0.39, 0.29) is 5.91 Å². The standard InChI is InChI=1S/C14H12BrN3O/c1-10(11-2-4-13(15)5-3-11)17-18-14(19)12-6-8-16-9-7-12/h2-9H,1H3,(H,18,19)/b17-10+. The summed E-state index contributed by atoms with van der Waals surface area (Å²) < 4.78 is 1.00. The maximum absolute atomic E-state index is 11.8. The Hall–Kier alpha value is -2.01. The third kappa shape index (κ3) is 3.72. The van der Waals surface area contributed by atoms with E-state index >= 15 is 0 Å². The summed E-state index contributed by atoms with van der Waals surface area (Å²) in [4.78, 5) is 15.6. The summed E-state index contributed by atoms with van der Waals surface area (Å²) in [5, 5.41) is 4.08. The first-order valence-corrected chi connectivity index (χ1v) is 6.47. The lowest BCUT2D eigenvalue weighted by atomic mass is 10.1. The number of hydrogen-bond acceptors (Lipinski definition) is 3. The van der Waals surface area contributed by atoms with Gasteiger partial charge in [-0.25, -0.2) is 5.43 Å². The van der Waals surface area contributed by atoms with E-state index in [2.05, 4.69) is 31.4 Å². The molecule has 0 saturated heterocycles. The molecule has 1 N–H and O–H groups in total. The fraction of sp³-hybridized carbons (Fsp3) is 0.0714. The second kappa shape index (κ2) is 6.24. The number of carbonyl (C=O) groups is 1. The summed E-state index contributed by atoms with van der Waals surface area (Å²) >= 11 is 3.37. The zero-order chi connectivity index (χ0) is 13.7. The maximum atomic E-state index is 11.8. The lowest BCUT2D eigenvalue weighted by Crippen LogP contribution is -2.19. The summed E-state index contributed by atoms with van der Waals surface area (Å²) in [6, 6.07) is 11.0. The van der Waals surface area contributed by atoms with Crippen molar-refractivity contribution in [3.8, 4) is 0 Å². The predicted molar refractivity (Wildman–Crippen MR) is 78.1 cm³/mol. The maximum Gasteiger partial charge on any atom is 0.271 e. The molecule has 0 fully saturated rings. The molecule has 0 aliphatic rings. The Bertz CT molecular complexity index is 594. The predicted octanol–water partition coefficient (Wildman–Crippen LogP) is 3.00. The molecule has 4 nitrogen and oxygen atoms in total. The van der Waals surface area contributed by atoms with Crippen LogP contribution in [-0.4, -0.2) is 16.6 Å². The Morgan fingerprint density at radius 2 is 1.74 bits per heavy atom. The molecule has 2 rings (SSSR count). The molecular weight excluding hydrogens is 306 g/mol. The monoisotopic (exact) mass is 317 g/mol. The van der Waals surface area contributed by atoms with Crippen LogP contribution in [0.2, 0.25) is 0 Å². The molecule has 96 valence electrons. The Morgan fingerprint density at radius 3 is 2.37 bits per heavy atom. The summed E-state index contributed by atoms with van der Waals surface area (Å²) in [5.41, 5.74) is 4.75. The van der Waals surface area contributed by atoms with Crippen LogP contribution >= 0.6 is 15.9 Å². The van der Waals surface area contributed by atoms with Crippen LogP contribution in [0, 0.1) is 0 Å². The van der Waals surface area contributed by atoms with Crippen molar-refractivity contribution in [2.45, 2.75) is 6.92 Å². The number of hydrazone groups is 1. The van der Waals surface area contributed by atoms with Gasteiger partial charge >= 0.3 is 0 Å². The minimum absolute atomic E-state index is 0.251. The first kappa shape index (κ1) is 13.4. The quantitative estimate of drug-likeness (QED) is 0.699. The smallest absolute Gasteiger partial charge is 0.267 e. The number of benzene rings is 1. The molecule has 0 atom stereocenters. The number of amides is 1. The van der Waals surface area contributed by atoms with Gasteiger partial charge in [0.1, 0.15) is 0 Å². The molecule has 1 aromatic heterocycles. The van der Waals surface area contributed by atoms with Gasteiger partial charge in [0.2, 0.25) is 0 Å². The highest BCUT2D eigenvalue weighted by Gasteiger charge is 2.03. The van der Waals surface area contributed by atoms with Gasteiger partial charge in [0.15, 0.2) is 0 Å². The zero-order valence-electron chi connectivity index (χ0n) is 10.3. The molecule has 0 radical (unpaired) electrons. The molecule has 0 saturated carbocycles. The number of pyridine rings is 1. The molecule has 0 spiro atoms. The van der Waals surface area contributed by atoms with Gasteiger partial charge in [-0.05, 0) is 36.8 Å². The molecule has 0 aliphatic heterocycles. The lowest BCUT2D eigenvalue weighted by molar-refractivity contribution is 0.0954. The molecule has 0 aliphatic carbocycles.